The number of rotatable bonds is 5. The molecule has 1 rings (SSSR count). The van der Waals surface area contributed by atoms with E-state index in [1.807, 2.05) is 6.92 Å². The van der Waals surface area contributed by atoms with Crippen LogP contribution in [0.4, 0.5) is 5.69 Å². The molecule has 15 heavy (non-hydrogen) atoms. The van der Waals surface area contributed by atoms with Crippen LogP contribution in [0.15, 0.2) is 24.3 Å². The molecule has 2 N–H and O–H groups in total. The number of nitrogens with one attached hydrogen (secondary N) is 1. The third kappa shape index (κ3) is 3.50. The highest BCUT2D eigenvalue weighted by atomic mass is 16.5. The summed E-state index contributed by atoms with van der Waals surface area (Å²) in [4.78, 5) is 10.6. The van der Waals surface area contributed by atoms with Crippen molar-refractivity contribution in [2.75, 3.05) is 11.9 Å². The third-order valence-corrected chi connectivity index (χ3v) is 1.92. The number of carboxylic acid groups (broad SMARTS) is 1. The molecule has 0 aliphatic heterocycles. The van der Waals surface area contributed by atoms with Crippen molar-refractivity contribution in [1.29, 1.82) is 0 Å². The van der Waals surface area contributed by atoms with Gasteiger partial charge >= 0.3 is 5.97 Å². The second-order valence-electron chi connectivity index (χ2n) is 3.16. The summed E-state index contributed by atoms with van der Waals surface area (Å²) >= 11 is 0. The number of hydrogen-bond donors (Lipinski definition) is 2. The van der Waals surface area contributed by atoms with E-state index in [0.29, 0.717) is 6.61 Å². The zero-order valence-corrected chi connectivity index (χ0v) is 8.86. The summed E-state index contributed by atoms with van der Waals surface area (Å²) in [7, 11) is 0. The molecule has 0 unspecified atom stereocenters. The van der Waals surface area contributed by atoms with E-state index in [4.69, 9.17) is 9.84 Å². The Kier molecular flexibility index (Phi) is 3.97. The first kappa shape index (κ1) is 11.4. The Morgan fingerprint density at radius 1 is 1.47 bits per heavy atom. The first-order valence-electron chi connectivity index (χ1n) is 4.85. The molecule has 0 amide bonds. The molecule has 0 aliphatic carbocycles. The average molecular weight is 209 g/mol. The van der Waals surface area contributed by atoms with Gasteiger partial charge in [0.15, 0.2) is 0 Å². The van der Waals surface area contributed by atoms with E-state index in [0.717, 1.165) is 11.4 Å². The fraction of sp³-hybridized carbons (Fsp3) is 0.364. The van der Waals surface area contributed by atoms with Gasteiger partial charge in [0.05, 0.1) is 6.61 Å². The van der Waals surface area contributed by atoms with Crippen LogP contribution >= 0.6 is 0 Å². The molecule has 0 aliphatic rings. The van der Waals surface area contributed by atoms with Gasteiger partial charge in [0, 0.05) is 5.69 Å². The van der Waals surface area contributed by atoms with Crippen LogP contribution in [0.2, 0.25) is 0 Å². The van der Waals surface area contributed by atoms with Crippen molar-refractivity contribution in [3.8, 4) is 5.75 Å². The summed E-state index contributed by atoms with van der Waals surface area (Å²) in [6.45, 7) is 4.13. The molecule has 0 fully saturated rings. The van der Waals surface area contributed by atoms with Gasteiger partial charge in [0.2, 0.25) is 0 Å². The Hall–Kier alpha value is -1.71. The number of hydrogen-bond acceptors (Lipinski definition) is 3. The van der Waals surface area contributed by atoms with Crippen LogP contribution in [-0.2, 0) is 4.79 Å². The second-order valence-corrected chi connectivity index (χ2v) is 3.16. The summed E-state index contributed by atoms with van der Waals surface area (Å²) in [6.07, 6.45) is 0. The molecule has 82 valence electrons. The normalized spacial score (nSPS) is 11.9. The lowest BCUT2D eigenvalue weighted by atomic mass is 10.2. The quantitative estimate of drug-likeness (QED) is 0.778. The standard InChI is InChI=1S/C11H15NO3/c1-3-15-10-6-4-9(5-7-10)12-8(2)11(13)14/h4-8,12H,3H2,1-2H3,(H,13,14)/t8-/m0/s1. The summed E-state index contributed by atoms with van der Waals surface area (Å²) < 4.78 is 5.27. The van der Waals surface area contributed by atoms with Crippen molar-refractivity contribution in [2.24, 2.45) is 0 Å². The molecular formula is C11H15NO3. The Morgan fingerprint density at radius 3 is 2.53 bits per heavy atom. The molecule has 0 radical (unpaired) electrons. The summed E-state index contributed by atoms with van der Waals surface area (Å²) in [6, 6.07) is 6.61. The number of ether oxygens (including phenoxy) is 1. The maximum Gasteiger partial charge on any atom is 0.325 e. The fourth-order valence-corrected chi connectivity index (χ4v) is 1.13. The van der Waals surface area contributed by atoms with Crippen molar-refractivity contribution in [2.45, 2.75) is 19.9 Å². The first-order valence-corrected chi connectivity index (χ1v) is 4.85. The molecule has 0 bridgehead atoms. The summed E-state index contributed by atoms with van der Waals surface area (Å²) in [5, 5.41) is 11.6. The predicted molar refractivity (Wildman–Crippen MR) is 58.3 cm³/mol. The molecule has 1 aromatic carbocycles. The SMILES string of the molecule is CCOc1ccc(N[C@@H](C)C(=O)O)cc1. The minimum atomic E-state index is -0.871. The van der Waals surface area contributed by atoms with Crippen LogP contribution in [0.25, 0.3) is 0 Å². The first-order chi connectivity index (χ1) is 7.13. The summed E-state index contributed by atoms with van der Waals surface area (Å²) in [5.41, 5.74) is 0.772. The van der Waals surface area contributed by atoms with Crippen LogP contribution in [0, 0.1) is 0 Å². The zero-order chi connectivity index (χ0) is 11.3. The molecule has 4 heteroatoms. The van der Waals surface area contributed by atoms with E-state index < -0.39 is 12.0 Å². The maximum absolute atomic E-state index is 10.6. The van der Waals surface area contributed by atoms with Gasteiger partial charge in [0.1, 0.15) is 11.8 Å². The number of carboxylic acids is 1. The minimum absolute atomic E-state index is 0.594. The van der Waals surface area contributed by atoms with E-state index >= 15 is 0 Å². The van der Waals surface area contributed by atoms with Crippen LogP contribution < -0.4 is 10.1 Å². The highest BCUT2D eigenvalue weighted by Crippen LogP contribution is 2.16. The van der Waals surface area contributed by atoms with Gasteiger partial charge in [-0.3, -0.25) is 4.79 Å². The molecule has 0 aromatic heterocycles. The largest absolute Gasteiger partial charge is 0.494 e. The number of benzene rings is 1. The van der Waals surface area contributed by atoms with E-state index in [1.165, 1.54) is 0 Å². The Bertz CT molecular complexity index is 321. The number of carbonyl (C=O) groups is 1. The third-order valence-electron chi connectivity index (χ3n) is 1.92. The van der Waals surface area contributed by atoms with Gasteiger partial charge in [-0.1, -0.05) is 0 Å². The van der Waals surface area contributed by atoms with Gasteiger partial charge in [0.25, 0.3) is 0 Å². The lowest BCUT2D eigenvalue weighted by Crippen LogP contribution is -2.25. The molecule has 1 aromatic rings. The zero-order valence-electron chi connectivity index (χ0n) is 8.86. The van der Waals surface area contributed by atoms with E-state index in [9.17, 15) is 4.79 Å². The number of aliphatic carboxylic acids is 1. The van der Waals surface area contributed by atoms with Crippen LogP contribution in [0.1, 0.15) is 13.8 Å². The predicted octanol–water partition coefficient (Wildman–Crippen LogP) is 1.97. The van der Waals surface area contributed by atoms with Gasteiger partial charge in [-0.25, -0.2) is 0 Å². The van der Waals surface area contributed by atoms with Gasteiger partial charge < -0.3 is 15.2 Å². The number of anilines is 1. The smallest absolute Gasteiger partial charge is 0.325 e. The van der Waals surface area contributed by atoms with Crippen molar-refractivity contribution in [3.05, 3.63) is 24.3 Å². The van der Waals surface area contributed by atoms with Crippen molar-refractivity contribution < 1.29 is 14.6 Å². The van der Waals surface area contributed by atoms with E-state index in [2.05, 4.69) is 5.32 Å². The van der Waals surface area contributed by atoms with E-state index in [-0.39, 0.29) is 0 Å². The van der Waals surface area contributed by atoms with Crippen molar-refractivity contribution in [1.82, 2.24) is 0 Å². The fourth-order valence-electron chi connectivity index (χ4n) is 1.13. The molecule has 4 nitrogen and oxygen atoms in total. The van der Waals surface area contributed by atoms with Gasteiger partial charge in [-0.05, 0) is 38.1 Å². The molecule has 0 saturated heterocycles. The summed E-state index contributed by atoms with van der Waals surface area (Å²) in [5.74, 6) is -0.0880. The van der Waals surface area contributed by atoms with Crippen LogP contribution in [0.5, 0.6) is 5.75 Å². The minimum Gasteiger partial charge on any atom is -0.494 e. The Morgan fingerprint density at radius 2 is 2.07 bits per heavy atom. The lowest BCUT2D eigenvalue weighted by molar-refractivity contribution is -0.137. The van der Waals surface area contributed by atoms with Crippen LogP contribution in [0.3, 0.4) is 0 Å². The average Bonchev–Trinajstić information content (AvgIpc) is 2.21. The lowest BCUT2D eigenvalue weighted by Gasteiger charge is -2.11. The maximum atomic E-state index is 10.6. The molecule has 1 atom stereocenters. The highest BCUT2D eigenvalue weighted by Gasteiger charge is 2.09. The Balaban J connectivity index is 2.60. The van der Waals surface area contributed by atoms with Crippen molar-refractivity contribution >= 4 is 11.7 Å². The van der Waals surface area contributed by atoms with Gasteiger partial charge in [-0.2, -0.15) is 0 Å². The topological polar surface area (TPSA) is 58.6 Å². The second kappa shape index (κ2) is 5.24. The molecular weight excluding hydrogens is 194 g/mol. The highest BCUT2D eigenvalue weighted by molar-refractivity contribution is 5.76. The molecule has 0 heterocycles. The molecule has 0 spiro atoms. The van der Waals surface area contributed by atoms with Gasteiger partial charge in [-0.15, -0.1) is 0 Å². The van der Waals surface area contributed by atoms with Crippen LogP contribution in [-0.4, -0.2) is 23.7 Å². The van der Waals surface area contributed by atoms with E-state index in [1.54, 1.807) is 31.2 Å². The molecule has 0 saturated carbocycles. The Labute approximate surface area is 88.9 Å². The monoisotopic (exact) mass is 209 g/mol. The van der Waals surface area contributed by atoms with Crippen molar-refractivity contribution in [3.63, 3.8) is 0 Å².